The summed E-state index contributed by atoms with van der Waals surface area (Å²) in [6.07, 6.45) is 3.05. The number of rotatable bonds is 7. The molecule has 6 nitrogen and oxygen atoms in total. The zero-order chi connectivity index (χ0) is 20.1. The van der Waals surface area contributed by atoms with E-state index in [-0.39, 0.29) is 24.4 Å². The molecule has 28 heavy (non-hydrogen) atoms. The van der Waals surface area contributed by atoms with Crippen molar-refractivity contribution >= 4 is 28.2 Å². The minimum atomic E-state index is -0.375. The Kier molecular flexibility index (Phi) is 6.57. The van der Waals surface area contributed by atoms with E-state index in [1.807, 2.05) is 0 Å². The fraction of sp³-hybridized carbons (Fsp3) is 0.429. The second-order valence-electron chi connectivity index (χ2n) is 6.67. The van der Waals surface area contributed by atoms with Crippen molar-refractivity contribution in [1.29, 1.82) is 0 Å². The summed E-state index contributed by atoms with van der Waals surface area (Å²) >= 11 is 1.47. The number of carbonyl (C=O) groups is 2. The number of benzene rings is 1. The van der Waals surface area contributed by atoms with Crippen molar-refractivity contribution in [2.45, 2.75) is 39.0 Å². The summed E-state index contributed by atoms with van der Waals surface area (Å²) < 4.78 is 15.9. The van der Waals surface area contributed by atoms with Gasteiger partial charge in [-0.1, -0.05) is 6.92 Å². The first-order valence-electron chi connectivity index (χ1n) is 9.42. The van der Waals surface area contributed by atoms with Gasteiger partial charge in [0.25, 0.3) is 5.91 Å². The summed E-state index contributed by atoms with van der Waals surface area (Å²) in [5.41, 5.74) is 1.54. The quantitative estimate of drug-likeness (QED) is 0.694. The van der Waals surface area contributed by atoms with E-state index in [1.54, 1.807) is 38.3 Å². The van der Waals surface area contributed by atoms with Gasteiger partial charge in [-0.05, 0) is 61.9 Å². The number of fused-ring (bicyclic) bond motifs is 1. The largest absolute Gasteiger partial charge is 0.497 e. The van der Waals surface area contributed by atoms with Crippen LogP contribution in [0.3, 0.4) is 0 Å². The first kappa shape index (κ1) is 20.2. The van der Waals surface area contributed by atoms with E-state index in [0.717, 1.165) is 29.7 Å². The lowest BCUT2D eigenvalue weighted by molar-refractivity contribution is -0.118. The van der Waals surface area contributed by atoms with Crippen LogP contribution in [0, 0.1) is 0 Å². The van der Waals surface area contributed by atoms with Gasteiger partial charge in [-0.15, -0.1) is 11.3 Å². The molecule has 0 saturated carbocycles. The van der Waals surface area contributed by atoms with Crippen LogP contribution in [0.5, 0.6) is 11.5 Å². The van der Waals surface area contributed by atoms with Crippen molar-refractivity contribution in [3.05, 3.63) is 40.3 Å². The highest BCUT2D eigenvalue weighted by atomic mass is 32.1. The molecule has 0 fully saturated rings. The molecule has 7 heteroatoms. The number of esters is 1. The lowest BCUT2D eigenvalue weighted by Crippen LogP contribution is -2.21. The Morgan fingerprint density at radius 1 is 1.21 bits per heavy atom. The van der Waals surface area contributed by atoms with E-state index in [9.17, 15) is 9.59 Å². The van der Waals surface area contributed by atoms with Crippen LogP contribution in [-0.4, -0.2) is 32.2 Å². The van der Waals surface area contributed by atoms with E-state index in [1.165, 1.54) is 11.3 Å². The number of methoxy groups -OCH3 is 1. The second kappa shape index (κ2) is 9.10. The molecule has 0 radical (unpaired) electrons. The van der Waals surface area contributed by atoms with Crippen molar-refractivity contribution in [2.75, 3.05) is 25.6 Å². The first-order valence-corrected chi connectivity index (χ1v) is 10.2. The maximum Gasteiger partial charge on any atom is 0.341 e. The van der Waals surface area contributed by atoms with Crippen molar-refractivity contribution < 1.29 is 23.8 Å². The van der Waals surface area contributed by atoms with E-state index < -0.39 is 0 Å². The molecule has 1 unspecified atom stereocenters. The summed E-state index contributed by atoms with van der Waals surface area (Å²) in [5, 5.41) is 3.41. The standard InChI is InChI=1S/C21H25NO5S/c1-4-26-21(24)19-18-13(2)6-5-7-16(18)28-20(19)22-17(23)12-27-15-10-8-14(25-3)9-11-15/h8-11,13H,4-7,12H2,1-3H3,(H,22,23). The maximum atomic E-state index is 12.6. The van der Waals surface area contributed by atoms with Crippen LogP contribution in [-0.2, 0) is 16.0 Å². The number of ether oxygens (including phenoxy) is 3. The second-order valence-corrected chi connectivity index (χ2v) is 7.77. The lowest BCUT2D eigenvalue weighted by atomic mass is 9.86. The average molecular weight is 404 g/mol. The van der Waals surface area contributed by atoms with Crippen molar-refractivity contribution in [1.82, 2.24) is 0 Å². The van der Waals surface area contributed by atoms with E-state index >= 15 is 0 Å². The highest BCUT2D eigenvalue weighted by molar-refractivity contribution is 7.17. The third-order valence-electron chi connectivity index (χ3n) is 4.72. The van der Waals surface area contributed by atoms with Crippen LogP contribution in [0.25, 0.3) is 0 Å². The predicted molar refractivity (Wildman–Crippen MR) is 109 cm³/mol. The Bertz CT molecular complexity index is 843. The molecule has 1 heterocycles. The number of carbonyl (C=O) groups excluding carboxylic acids is 2. The minimum Gasteiger partial charge on any atom is -0.497 e. The molecule has 0 bridgehead atoms. The van der Waals surface area contributed by atoms with E-state index in [2.05, 4.69) is 12.2 Å². The van der Waals surface area contributed by atoms with Gasteiger partial charge in [-0.2, -0.15) is 0 Å². The molecular weight excluding hydrogens is 378 g/mol. The topological polar surface area (TPSA) is 73.9 Å². The van der Waals surface area contributed by atoms with Crippen LogP contribution in [0.2, 0.25) is 0 Å². The number of amides is 1. The zero-order valence-electron chi connectivity index (χ0n) is 16.4. The van der Waals surface area contributed by atoms with E-state index in [0.29, 0.717) is 28.7 Å². The molecule has 0 spiro atoms. The predicted octanol–water partition coefficient (Wildman–Crippen LogP) is 4.39. The molecule has 1 aromatic carbocycles. The Morgan fingerprint density at radius 2 is 1.93 bits per heavy atom. The first-order chi connectivity index (χ1) is 13.5. The monoisotopic (exact) mass is 403 g/mol. The molecule has 0 aliphatic heterocycles. The van der Waals surface area contributed by atoms with Gasteiger partial charge in [0.05, 0.1) is 19.3 Å². The number of anilines is 1. The summed E-state index contributed by atoms with van der Waals surface area (Å²) in [6.45, 7) is 4.05. The lowest BCUT2D eigenvalue weighted by Gasteiger charge is -2.19. The molecule has 1 amide bonds. The van der Waals surface area contributed by atoms with Crippen molar-refractivity contribution in [3.8, 4) is 11.5 Å². The Labute approximate surface area is 168 Å². The summed E-state index contributed by atoms with van der Waals surface area (Å²) in [4.78, 5) is 26.1. The number of hydrogen-bond donors (Lipinski definition) is 1. The molecule has 2 aromatic rings. The highest BCUT2D eigenvalue weighted by Crippen LogP contribution is 2.43. The van der Waals surface area contributed by atoms with Crippen molar-refractivity contribution in [3.63, 3.8) is 0 Å². The number of nitrogens with one attached hydrogen (secondary N) is 1. The summed E-state index contributed by atoms with van der Waals surface area (Å²) in [5.74, 6) is 0.878. The van der Waals surface area contributed by atoms with Gasteiger partial charge in [0.2, 0.25) is 0 Å². The summed E-state index contributed by atoms with van der Waals surface area (Å²) in [6, 6.07) is 7.00. The Balaban J connectivity index is 1.73. The highest BCUT2D eigenvalue weighted by Gasteiger charge is 2.30. The van der Waals surface area contributed by atoms with Crippen molar-refractivity contribution in [2.24, 2.45) is 0 Å². The van der Waals surface area contributed by atoms with Crippen LogP contribution >= 0.6 is 11.3 Å². The minimum absolute atomic E-state index is 0.146. The third-order valence-corrected chi connectivity index (χ3v) is 5.90. The van der Waals surface area contributed by atoms with Crippen LogP contribution in [0.15, 0.2) is 24.3 Å². The fourth-order valence-corrected chi connectivity index (χ4v) is 4.75. The average Bonchev–Trinajstić information content (AvgIpc) is 3.06. The third kappa shape index (κ3) is 4.47. The SMILES string of the molecule is CCOC(=O)c1c(NC(=O)COc2ccc(OC)cc2)sc2c1C(C)CCC2. The molecule has 1 aromatic heterocycles. The molecule has 1 atom stereocenters. The van der Waals surface area contributed by atoms with Crippen LogP contribution in [0.4, 0.5) is 5.00 Å². The van der Waals surface area contributed by atoms with Gasteiger partial charge in [0.1, 0.15) is 16.5 Å². The Morgan fingerprint density at radius 3 is 2.61 bits per heavy atom. The number of hydrogen-bond acceptors (Lipinski definition) is 6. The number of aryl methyl sites for hydroxylation is 1. The smallest absolute Gasteiger partial charge is 0.341 e. The van der Waals surface area contributed by atoms with Gasteiger partial charge >= 0.3 is 5.97 Å². The Hall–Kier alpha value is -2.54. The van der Waals surface area contributed by atoms with Crippen LogP contribution < -0.4 is 14.8 Å². The van der Waals surface area contributed by atoms with Gasteiger partial charge < -0.3 is 19.5 Å². The molecule has 1 aliphatic rings. The van der Waals surface area contributed by atoms with Crippen LogP contribution in [0.1, 0.15) is 53.4 Å². The van der Waals surface area contributed by atoms with Gasteiger partial charge in [-0.25, -0.2) is 4.79 Å². The van der Waals surface area contributed by atoms with Gasteiger partial charge in [0, 0.05) is 4.88 Å². The number of thiophene rings is 1. The molecule has 1 N–H and O–H groups in total. The van der Waals surface area contributed by atoms with E-state index in [4.69, 9.17) is 14.2 Å². The molecular formula is C21H25NO5S. The van der Waals surface area contributed by atoms with Gasteiger partial charge in [-0.3, -0.25) is 4.79 Å². The fourth-order valence-electron chi connectivity index (χ4n) is 3.39. The maximum absolute atomic E-state index is 12.6. The normalized spacial score (nSPS) is 15.5. The zero-order valence-corrected chi connectivity index (χ0v) is 17.2. The molecule has 150 valence electrons. The summed E-state index contributed by atoms with van der Waals surface area (Å²) in [7, 11) is 1.59. The van der Waals surface area contributed by atoms with Gasteiger partial charge in [0.15, 0.2) is 6.61 Å². The molecule has 0 saturated heterocycles. The molecule has 3 rings (SSSR count). The molecule has 1 aliphatic carbocycles.